The largest absolute Gasteiger partial charge is 0.454 e. The number of ether oxygens (including phenoxy) is 3. The molecule has 1 aromatic rings. The zero-order chi connectivity index (χ0) is 19.2. The second-order valence-corrected chi connectivity index (χ2v) is 6.91. The number of benzene rings is 1. The maximum Gasteiger partial charge on any atom is 0.387 e. The second-order valence-electron chi connectivity index (χ2n) is 5.18. The van der Waals surface area contributed by atoms with Crippen LogP contribution in [-0.2, 0) is 16.6 Å². The van der Waals surface area contributed by atoms with Gasteiger partial charge in [0.25, 0.3) is 0 Å². The normalized spacial score (nSPS) is 13.8. The molecule has 0 aliphatic carbocycles. The number of guanidine groups is 1. The summed E-state index contributed by atoms with van der Waals surface area (Å²) in [5, 5.41) is 10.6. The molecule has 1 heterocycles. The second kappa shape index (κ2) is 8.85. The van der Waals surface area contributed by atoms with Crippen molar-refractivity contribution in [1.29, 1.82) is 0 Å². The predicted octanol–water partition coefficient (Wildman–Crippen LogP) is 0.360. The quantitative estimate of drug-likeness (QED) is 0.430. The molecule has 0 aromatic heterocycles. The molecular formula is C14H20F2N4O5S. The zero-order valence-corrected chi connectivity index (χ0v) is 14.8. The predicted molar refractivity (Wildman–Crippen MR) is 90.0 cm³/mol. The Kier molecular flexibility index (Phi) is 6.80. The third-order valence-electron chi connectivity index (χ3n) is 3.20. The van der Waals surface area contributed by atoms with Crippen LogP contribution in [0.2, 0.25) is 0 Å². The molecule has 0 radical (unpaired) electrons. The van der Waals surface area contributed by atoms with Gasteiger partial charge in [0.1, 0.15) is 5.75 Å². The number of hydrogen-bond acceptors (Lipinski definition) is 6. The Bertz CT molecular complexity index is 758. The minimum absolute atomic E-state index is 0.00602. The van der Waals surface area contributed by atoms with Crippen molar-refractivity contribution in [1.82, 2.24) is 10.6 Å². The fraction of sp³-hybridized carbons (Fsp3) is 0.500. The SMILES string of the molecule is CCNC(=NCc1cc2c(cc1OC(F)F)OCO2)NCCS(N)(=O)=O. The lowest BCUT2D eigenvalue weighted by molar-refractivity contribution is -0.0505. The number of nitrogens with one attached hydrogen (secondary N) is 2. The summed E-state index contributed by atoms with van der Waals surface area (Å²) in [7, 11) is -3.61. The molecule has 0 spiro atoms. The van der Waals surface area contributed by atoms with Crippen LogP contribution in [0.5, 0.6) is 17.2 Å². The van der Waals surface area contributed by atoms with E-state index in [1.807, 2.05) is 6.92 Å². The van der Waals surface area contributed by atoms with Crippen molar-refractivity contribution >= 4 is 16.0 Å². The van der Waals surface area contributed by atoms with Crippen LogP contribution in [-0.4, -0.2) is 46.6 Å². The molecule has 12 heteroatoms. The molecule has 1 aromatic carbocycles. The highest BCUT2D eigenvalue weighted by Crippen LogP contribution is 2.38. The van der Waals surface area contributed by atoms with Gasteiger partial charge in [-0.2, -0.15) is 8.78 Å². The van der Waals surface area contributed by atoms with Gasteiger partial charge in [0.2, 0.25) is 16.8 Å². The minimum atomic E-state index is -3.61. The molecule has 0 amide bonds. The summed E-state index contributed by atoms with van der Waals surface area (Å²) in [6, 6.07) is 2.83. The summed E-state index contributed by atoms with van der Waals surface area (Å²) in [4.78, 5) is 4.23. The summed E-state index contributed by atoms with van der Waals surface area (Å²) in [6.07, 6.45) is 0. The number of nitrogens with two attached hydrogens (primary N) is 1. The van der Waals surface area contributed by atoms with Gasteiger partial charge in [-0.1, -0.05) is 0 Å². The zero-order valence-electron chi connectivity index (χ0n) is 14.0. The molecule has 0 fully saturated rings. The van der Waals surface area contributed by atoms with Crippen LogP contribution in [0.15, 0.2) is 17.1 Å². The van der Waals surface area contributed by atoms with Crippen molar-refractivity contribution in [2.75, 3.05) is 25.6 Å². The Morgan fingerprint density at radius 1 is 1.35 bits per heavy atom. The van der Waals surface area contributed by atoms with E-state index in [2.05, 4.69) is 20.4 Å². The Morgan fingerprint density at radius 2 is 2.04 bits per heavy atom. The van der Waals surface area contributed by atoms with E-state index in [0.29, 0.717) is 29.6 Å². The fourth-order valence-electron chi connectivity index (χ4n) is 2.11. The van der Waals surface area contributed by atoms with Crippen LogP contribution in [0.3, 0.4) is 0 Å². The van der Waals surface area contributed by atoms with Crippen LogP contribution in [0.1, 0.15) is 12.5 Å². The summed E-state index contributed by atoms with van der Waals surface area (Å²) in [5.41, 5.74) is 0.359. The van der Waals surface area contributed by atoms with E-state index in [1.165, 1.54) is 12.1 Å². The van der Waals surface area contributed by atoms with E-state index >= 15 is 0 Å². The van der Waals surface area contributed by atoms with Crippen LogP contribution in [0, 0.1) is 0 Å². The Hall–Kier alpha value is -2.34. The van der Waals surface area contributed by atoms with Crippen molar-refractivity contribution < 1.29 is 31.4 Å². The van der Waals surface area contributed by atoms with Crippen molar-refractivity contribution in [3.8, 4) is 17.2 Å². The molecule has 146 valence electrons. The van der Waals surface area contributed by atoms with E-state index in [4.69, 9.17) is 14.6 Å². The number of fused-ring (bicyclic) bond motifs is 1. The number of alkyl halides is 2. The maximum absolute atomic E-state index is 12.6. The number of hydrogen-bond donors (Lipinski definition) is 3. The van der Waals surface area contributed by atoms with E-state index in [9.17, 15) is 17.2 Å². The van der Waals surface area contributed by atoms with Gasteiger partial charge in [-0.15, -0.1) is 0 Å². The number of aliphatic imine (C=N–C) groups is 1. The summed E-state index contributed by atoms with van der Waals surface area (Å²) < 4.78 is 62.1. The number of sulfonamides is 1. The smallest absolute Gasteiger partial charge is 0.387 e. The van der Waals surface area contributed by atoms with Gasteiger partial charge in [0.05, 0.1) is 12.3 Å². The molecule has 4 N–H and O–H groups in total. The lowest BCUT2D eigenvalue weighted by Crippen LogP contribution is -2.40. The van der Waals surface area contributed by atoms with Crippen LogP contribution < -0.4 is 30.0 Å². The van der Waals surface area contributed by atoms with Crippen molar-refractivity contribution in [3.63, 3.8) is 0 Å². The first kappa shape index (κ1) is 20.0. The first-order valence-corrected chi connectivity index (χ1v) is 9.40. The third kappa shape index (κ3) is 6.19. The average molecular weight is 394 g/mol. The van der Waals surface area contributed by atoms with Gasteiger partial charge in [-0.25, -0.2) is 18.5 Å². The molecule has 9 nitrogen and oxygen atoms in total. The lowest BCUT2D eigenvalue weighted by atomic mass is 10.1. The van der Waals surface area contributed by atoms with Crippen LogP contribution in [0.25, 0.3) is 0 Å². The topological polar surface area (TPSA) is 124 Å². The monoisotopic (exact) mass is 394 g/mol. The Balaban J connectivity index is 2.13. The first-order chi connectivity index (χ1) is 12.3. The average Bonchev–Trinajstić information content (AvgIpc) is 2.97. The summed E-state index contributed by atoms with van der Waals surface area (Å²) in [5.74, 6) is 0.669. The van der Waals surface area contributed by atoms with Crippen molar-refractivity contribution in [2.24, 2.45) is 10.1 Å². The Morgan fingerprint density at radius 3 is 2.65 bits per heavy atom. The summed E-state index contributed by atoms with van der Waals surface area (Å²) >= 11 is 0. The highest BCUT2D eigenvalue weighted by atomic mass is 32.2. The fourth-order valence-corrected chi connectivity index (χ4v) is 2.50. The van der Waals surface area contributed by atoms with E-state index < -0.39 is 16.6 Å². The van der Waals surface area contributed by atoms with E-state index in [-0.39, 0.29) is 31.4 Å². The molecule has 0 unspecified atom stereocenters. The standard InChI is InChI=1S/C14H20F2N4O5S/c1-2-18-14(19-3-4-26(17,21)22)20-7-9-5-11-12(24-8-23-11)6-10(9)25-13(15)16/h5-6,13H,2-4,7-8H2,1H3,(H2,17,21,22)(H2,18,19,20). The van der Waals surface area contributed by atoms with Crippen LogP contribution in [0.4, 0.5) is 8.78 Å². The van der Waals surface area contributed by atoms with Crippen molar-refractivity contribution in [2.45, 2.75) is 20.1 Å². The van der Waals surface area contributed by atoms with Gasteiger partial charge in [-0.05, 0) is 13.0 Å². The number of rotatable bonds is 8. The molecule has 0 saturated heterocycles. The number of primary sulfonamides is 1. The molecule has 26 heavy (non-hydrogen) atoms. The van der Waals surface area contributed by atoms with Gasteiger partial charge < -0.3 is 24.8 Å². The van der Waals surface area contributed by atoms with Gasteiger partial charge >= 0.3 is 6.61 Å². The van der Waals surface area contributed by atoms with Gasteiger partial charge in [0.15, 0.2) is 17.5 Å². The maximum atomic E-state index is 12.6. The third-order valence-corrected chi connectivity index (χ3v) is 3.98. The van der Waals surface area contributed by atoms with E-state index in [0.717, 1.165) is 0 Å². The highest BCUT2D eigenvalue weighted by Gasteiger charge is 2.20. The van der Waals surface area contributed by atoms with Crippen molar-refractivity contribution in [3.05, 3.63) is 17.7 Å². The molecule has 0 saturated carbocycles. The molecule has 1 aliphatic heterocycles. The molecule has 0 bridgehead atoms. The first-order valence-electron chi connectivity index (χ1n) is 7.68. The van der Waals surface area contributed by atoms with Gasteiger partial charge in [0, 0.05) is 24.7 Å². The Labute approximate surface area is 149 Å². The molecule has 1 aliphatic rings. The molecular weight excluding hydrogens is 374 g/mol. The summed E-state index contributed by atoms with van der Waals surface area (Å²) in [6.45, 7) is -0.631. The van der Waals surface area contributed by atoms with E-state index in [1.54, 1.807) is 0 Å². The highest BCUT2D eigenvalue weighted by molar-refractivity contribution is 7.89. The molecule has 2 rings (SSSR count). The van der Waals surface area contributed by atoms with Gasteiger partial charge in [-0.3, -0.25) is 0 Å². The minimum Gasteiger partial charge on any atom is -0.454 e. The number of nitrogens with zero attached hydrogens (tertiary/aromatic N) is 1. The number of halogens is 2. The molecule has 0 atom stereocenters. The lowest BCUT2D eigenvalue weighted by Gasteiger charge is -2.13. The van der Waals surface area contributed by atoms with Crippen LogP contribution >= 0.6 is 0 Å².